The molecule has 2 aromatic rings. The van der Waals surface area contributed by atoms with Crippen LogP contribution in [0.3, 0.4) is 0 Å². The van der Waals surface area contributed by atoms with Gasteiger partial charge in [0, 0.05) is 6.54 Å². The Morgan fingerprint density at radius 2 is 1.60 bits per heavy atom. The van der Waals surface area contributed by atoms with Gasteiger partial charge in [0.05, 0.1) is 19.3 Å². The van der Waals surface area contributed by atoms with Gasteiger partial charge in [-0.15, -0.1) is 0 Å². The smallest absolute Gasteiger partial charge is 0.226 e. The van der Waals surface area contributed by atoms with E-state index in [9.17, 15) is 17.6 Å². The third kappa shape index (κ3) is 5.81. The minimum absolute atomic E-state index is 0.0725. The Balaban J connectivity index is 1.41. The predicted octanol–water partition coefficient (Wildman–Crippen LogP) is 4.11. The third-order valence-electron chi connectivity index (χ3n) is 5.49. The zero-order chi connectivity index (χ0) is 21.6. The number of benzene rings is 2. The number of carbonyl (C=O) groups excluding carboxylic acids is 1. The molecule has 1 saturated heterocycles. The zero-order valence-electron chi connectivity index (χ0n) is 17.2. The van der Waals surface area contributed by atoms with Crippen molar-refractivity contribution >= 4 is 15.7 Å². The van der Waals surface area contributed by atoms with E-state index in [0.29, 0.717) is 17.9 Å². The van der Waals surface area contributed by atoms with Crippen molar-refractivity contribution in [1.29, 1.82) is 0 Å². The molecule has 0 N–H and O–H groups in total. The maximum absolute atomic E-state index is 12.9. The van der Waals surface area contributed by atoms with E-state index in [0.717, 1.165) is 37.7 Å². The summed E-state index contributed by atoms with van der Waals surface area (Å²) in [7, 11) is -1.87. The van der Waals surface area contributed by atoms with Gasteiger partial charge in [0.1, 0.15) is 16.9 Å². The number of amides is 1. The summed E-state index contributed by atoms with van der Waals surface area (Å²) in [6, 6.07) is 13.5. The molecule has 1 fully saturated rings. The minimum atomic E-state index is -3.43. The summed E-state index contributed by atoms with van der Waals surface area (Å²) in [5, 5.41) is -0.716. The van der Waals surface area contributed by atoms with E-state index in [-0.39, 0.29) is 23.9 Å². The molecule has 1 atom stereocenters. The number of β-lactam (4-membered cyclic amide) rings is 1. The molecule has 0 saturated carbocycles. The number of halogens is 1. The molecule has 0 radical (unpaired) electrons. The number of sulfone groups is 1. The molecule has 1 amide bonds. The van der Waals surface area contributed by atoms with E-state index in [1.807, 2.05) is 0 Å². The van der Waals surface area contributed by atoms with Crippen molar-refractivity contribution in [3.63, 3.8) is 0 Å². The van der Waals surface area contributed by atoms with Gasteiger partial charge in [-0.2, -0.15) is 0 Å². The van der Waals surface area contributed by atoms with Crippen molar-refractivity contribution in [2.24, 2.45) is 0 Å². The van der Waals surface area contributed by atoms with Gasteiger partial charge in [-0.05, 0) is 54.7 Å². The number of aryl methyl sites for hydroxylation is 1. The molecular weight excluding hydrogens is 405 g/mol. The van der Waals surface area contributed by atoms with Crippen molar-refractivity contribution in [1.82, 2.24) is 4.90 Å². The van der Waals surface area contributed by atoms with E-state index >= 15 is 0 Å². The Labute approximate surface area is 177 Å². The Hall–Kier alpha value is -2.41. The van der Waals surface area contributed by atoms with Crippen LogP contribution < -0.4 is 4.74 Å². The molecule has 3 rings (SSSR count). The number of nitrogens with zero attached hydrogens (tertiary/aromatic N) is 1. The molecule has 1 heterocycles. The predicted molar refractivity (Wildman–Crippen MR) is 114 cm³/mol. The molecule has 1 aliphatic heterocycles. The van der Waals surface area contributed by atoms with Gasteiger partial charge in [-0.25, -0.2) is 12.8 Å². The second-order valence-electron chi connectivity index (χ2n) is 7.69. The van der Waals surface area contributed by atoms with Crippen LogP contribution >= 0.6 is 0 Å². The van der Waals surface area contributed by atoms with Gasteiger partial charge in [0.2, 0.25) is 5.91 Å². The van der Waals surface area contributed by atoms with Crippen molar-refractivity contribution in [2.75, 3.05) is 13.7 Å². The highest BCUT2D eigenvalue weighted by atomic mass is 32.2. The molecule has 0 aliphatic carbocycles. The summed E-state index contributed by atoms with van der Waals surface area (Å²) in [6.45, 7) is 0.474. The number of rotatable bonds is 11. The quantitative estimate of drug-likeness (QED) is 0.395. The fourth-order valence-corrected chi connectivity index (χ4v) is 5.54. The van der Waals surface area contributed by atoms with Gasteiger partial charge in [0.25, 0.3) is 0 Å². The number of ether oxygens (including phenoxy) is 1. The number of hydrogen-bond donors (Lipinski definition) is 0. The summed E-state index contributed by atoms with van der Waals surface area (Å²) < 4.78 is 43.5. The lowest BCUT2D eigenvalue weighted by Crippen LogP contribution is -2.56. The molecular formula is C23H28FNO4S. The zero-order valence-corrected chi connectivity index (χ0v) is 18.0. The van der Waals surface area contributed by atoms with E-state index in [1.54, 1.807) is 43.5 Å². The normalized spacial score (nSPS) is 16.4. The second-order valence-corrected chi connectivity index (χ2v) is 9.85. The van der Waals surface area contributed by atoms with Gasteiger partial charge in [-0.3, -0.25) is 4.79 Å². The van der Waals surface area contributed by atoms with E-state index in [2.05, 4.69) is 0 Å². The first-order chi connectivity index (χ1) is 14.4. The topological polar surface area (TPSA) is 63.7 Å². The fraction of sp³-hybridized carbons (Fsp3) is 0.435. The summed E-state index contributed by atoms with van der Waals surface area (Å²) >= 11 is 0. The number of hydrogen-bond acceptors (Lipinski definition) is 4. The molecule has 0 aromatic heterocycles. The molecule has 7 heteroatoms. The summed E-state index contributed by atoms with van der Waals surface area (Å²) in [5.41, 5.74) is 1.80. The summed E-state index contributed by atoms with van der Waals surface area (Å²) in [6.07, 6.45) is 4.65. The van der Waals surface area contributed by atoms with Crippen molar-refractivity contribution < 1.29 is 22.3 Å². The Morgan fingerprint density at radius 3 is 2.23 bits per heavy atom. The lowest BCUT2D eigenvalue weighted by Gasteiger charge is -2.39. The maximum atomic E-state index is 12.9. The molecule has 0 bridgehead atoms. The van der Waals surface area contributed by atoms with Gasteiger partial charge in [0.15, 0.2) is 9.84 Å². The molecule has 162 valence electrons. The fourth-order valence-electron chi connectivity index (χ4n) is 3.68. The highest BCUT2D eigenvalue weighted by molar-refractivity contribution is 7.91. The first-order valence-corrected chi connectivity index (χ1v) is 12.0. The average molecular weight is 434 g/mol. The van der Waals surface area contributed by atoms with Gasteiger partial charge >= 0.3 is 0 Å². The van der Waals surface area contributed by atoms with Gasteiger partial charge in [-0.1, -0.05) is 37.1 Å². The number of unbranched alkanes of at least 4 members (excludes halogenated alkanes) is 3. The van der Waals surface area contributed by atoms with Crippen LogP contribution in [0.4, 0.5) is 4.39 Å². The lowest BCUT2D eigenvalue weighted by atomic mass is 10.1. The molecule has 1 unspecified atom stereocenters. The Kier molecular flexibility index (Phi) is 7.48. The van der Waals surface area contributed by atoms with Gasteiger partial charge < -0.3 is 9.64 Å². The number of methoxy groups -OCH3 is 1. The van der Waals surface area contributed by atoms with Crippen molar-refractivity contribution in [3.8, 4) is 5.75 Å². The third-order valence-corrected chi connectivity index (χ3v) is 7.47. The minimum Gasteiger partial charge on any atom is -0.497 e. The van der Waals surface area contributed by atoms with E-state index in [1.165, 1.54) is 17.0 Å². The average Bonchev–Trinajstić information content (AvgIpc) is 2.72. The SMILES string of the molecule is COc1ccc(CS(=O)(=O)C2CC(=O)N2CCCCCCc2ccc(F)cc2)cc1. The van der Waals surface area contributed by atoms with Crippen LogP contribution in [0.1, 0.15) is 43.2 Å². The monoisotopic (exact) mass is 433 g/mol. The highest BCUT2D eigenvalue weighted by Gasteiger charge is 2.44. The molecule has 1 aliphatic rings. The lowest BCUT2D eigenvalue weighted by molar-refractivity contribution is -0.141. The number of carbonyl (C=O) groups is 1. The Morgan fingerprint density at radius 1 is 0.967 bits per heavy atom. The van der Waals surface area contributed by atoms with Crippen LogP contribution in [0, 0.1) is 5.82 Å². The second kappa shape index (κ2) is 10.1. The number of likely N-dealkylation sites (tertiary alicyclic amines) is 1. The van der Waals surface area contributed by atoms with Crippen LogP contribution in [-0.4, -0.2) is 38.3 Å². The Bertz CT molecular complexity index is 942. The van der Waals surface area contributed by atoms with Crippen LogP contribution in [0.5, 0.6) is 5.75 Å². The molecule has 5 nitrogen and oxygen atoms in total. The molecule has 0 spiro atoms. The standard InChI is InChI=1S/C23H28FNO4S/c1-29-21-13-9-19(10-14-21)17-30(27,28)23-16-22(26)25(23)15-5-3-2-4-6-18-7-11-20(24)12-8-18/h7-14,23H,2-6,15-17H2,1H3. The summed E-state index contributed by atoms with van der Waals surface area (Å²) in [4.78, 5) is 13.5. The highest BCUT2D eigenvalue weighted by Crippen LogP contribution is 2.28. The van der Waals surface area contributed by atoms with Crippen LogP contribution in [-0.2, 0) is 26.8 Å². The van der Waals surface area contributed by atoms with Crippen LogP contribution in [0.2, 0.25) is 0 Å². The van der Waals surface area contributed by atoms with Crippen molar-refractivity contribution in [2.45, 2.75) is 49.7 Å². The summed E-state index contributed by atoms with van der Waals surface area (Å²) in [5.74, 6) is 0.276. The molecule has 30 heavy (non-hydrogen) atoms. The van der Waals surface area contributed by atoms with E-state index < -0.39 is 15.2 Å². The van der Waals surface area contributed by atoms with Crippen LogP contribution in [0.25, 0.3) is 0 Å². The first kappa shape index (κ1) is 22.3. The molecule has 2 aromatic carbocycles. The maximum Gasteiger partial charge on any atom is 0.226 e. The van der Waals surface area contributed by atoms with Crippen molar-refractivity contribution in [3.05, 3.63) is 65.5 Å². The first-order valence-electron chi connectivity index (χ1n) is 10.3. The van der Waals surface area contributed by atoms with E-state index in [4.69, 9.17) is 4.74 Å². The largest absolute Gasteiger partial charge is 0.497 e. The van der Waals surface area contributed by atoms with Crippen LogP contribution in [0.15, 0.2) is 48.5 Å².